The maximum absolute atomic E-state index is 13.7. The van der Waals surface area contributed by atoms with E-state index < -0.39 is 17.7 Å². The lowest BCUT2D eigenvalue weighted by molar-refractivity contribution is 0.0702. The summed E-state index contributed by atoms with van der Waals surface area (Å²) in [6.45, 7) is 4.52. The molecular weight excluding hydrogens is 523 g/mol. The molecule has 2 heterocycles. The van der Waals surface area contributed by atoms with E-state index >= 15 is 0 Å². The summed E-state index contributed by atoms with van der Waals surface area (Å²) < 4.78 is 36.5. The molecule has 1 aliphatic rings. The molecule has 1 unspecified atom stereocenters. The van der Waals surface area contributed by atoms with Crippen molar-refractivity contribution in [2.75, 3.05) is 6.61 Å². The fourth-order valence-electron chi connectivity index (χ4n) is 5.04. The molecule has 0 radical (unpaired) electrons. The van der Waals surface area contributed by atoms with E-state index in [0.29, 0.717) is 34.5 Å². The molecule has 0 spiro atoms. The van der Waals surface area contributed by atoms with Gasteiger partial charge in [-0.15, -0.1) is 0 Å². The number of unbranched alkanes of at least 4 members (excludes halogenated alkanes) is 4. The number of allylic oxidation sites excluding steroid dienone is 1. The summed E-state index contributed by atoms with van der Waals surface area (Å²) in [5.74, 6) is -0.324. The first-order chi connectivity index (χ1) is 19.9. The number of nitriles is 1. The number of carbonyl (C=O) groups excluding carboxylic acids is 1. The number of esters is 1. The predicted molar refractivity (Wildman–Crippen MR) is 152 cm³/mol. The molecule has 1 aromatic heterocycles. The van der Waals surface area contributed by atoms with E-state index in [1.807, 2.05) is 24.3 Å². The number of nitrogens with two attached hydrogens (primary N) is 1. The van der Waals surface area contributed by atoms with Gasteiger partial charge in [0.15, 0.2) is 0 Å². The molecule has 3 aromatic carbocycles. The second-order valence-corrected chi connectivity index (χ2v) is 10.0. The van der Waals surface area contributed by atoms with Gasteiger partial charge < -0.3 is 24.4 Å². The number of hydrogen-bond donors (Lipinski definition) is 1. The fraction of sp³-hybridized carbons (Fsp3) is 0.273. The highest BCUT2D eigenvalue weighted by Crippen LogP contribution is 2.44. The van der Waals surface area contributed by atoms with Crippen LogP contribution in [-0.4, -0.2) is 12.6 Å². The van der Waals surface area contributed by atoms with Crippen molar-refractivity contribution in [2.45, 2.75) is 51.9 Å². The van der Waals surface area contributed by atoms with E-state index in [4.69, 9.17) is 24.4 Å². The van der Waals surface area contributed by atoms with Crippen LogP contribution < -0.4 is 19.9 Å². The quantitative estimate of drug-likeness (QED) is 0.122. The Kier molecular flexibility index (Phi) is 8.25. The zero-order valence-electron chi connectivity index (χ0n) is 23.0. The SMILES string of the molecule is CCCCCCCOc1ccc(C2C(C#N)=C(N)Oc3cc(OC(=O)c4oc5ccc(F)cc5c4C)ccc32)cc1. The Bertz CT molecular complexity index is 1650. The number of fused-ring (bicyclic) bond motifs is 2. The molecule has 0 bridgehead atoms. The third kappa shape index (κ3) is 5.90. The molecule has 5 rings (SSSR count). The minimum atomic E-state index is -0.728. The first kappa shape index (κ1) is 27.8. The number of nitrogens with zero attached hydrogens (tertiary/aromatic N) is 1. The van der Waals surface area contributed by atoms with E-state index in [0.717, 1.165) is 24.2 Å². The van der Waals surface area contributed by atoms with Crippen LogP contribution in [-0.2, 0) is 0 Å². The number of hydrogen-bond acceptors (Lipinski definition) is 7. The van der Waals surface area contributed by atoms with Crippen LogP contribution in [0.2, 0.25) is 0 Å². The molecule has 1 aliphatic heterocycles. The van der Waals surface area contributed by atoms with E-state index in [-0.39, 0.29) is 23.0 Å². The zero-order valence-corrected chi connectivity index (χ0v) is 23.0. The molecule has 0 aliphatic carbocycles. The molecule has 0 fully saturated rings. The Morgan fingerprint density at radius 2 is 1.78 bits per heavy atom. The smallest absolute Gasteiger partial charge is 0.379 e. The van der Waals surface area contributed by atoms with Gasteiger partial charge in [-0.3, -0.25) is 0 Å². The Labute approximate surface area is 237 Å². The van der Waals surface area contributed by atoms with Gasteiger partial charge in [-0.2, -0.15) is 5.26 Å². The molecule has 7 nitrogen and oxygen atoms in total. The number of furan rings is 1. The molecule has 210 valence electrons. The fourth-order valence-corrected chi connectivity index (χ4v) is 5.04. The third-order valence-electron chi connectivity index (χ3n) is 7.21. The van der Waals surface area contributed by atoms with Gasteiger partial charge in [0.05, 0.1) is 12.5 Å². The summed E-state index contributed by atoms with van der Waals surface area (Å²) in [5, 5.41) is 10.4. The first-order valence-corrected chi connectivity index (χ1v) is 13.7. The van der Waals surface area contributed by atoms with Crippen molar-refractivity contribution >= 4 is 16.9 Å². The number of benzene rings is 3. The van der Waals surface area contributed by atoms with Crippen LogP contribution in [0.4, 0.5) is 4.39 Å². The molecule has 4 aromatic rings. The highest BCUT2D eigenvalue weighted by Gasteiger charge is 2.31. The van der Waals surface area contributed by atoms with Crippen molar-refractivity contribution < 1.29 is 27.8 Å². The monoisotopic (exact) mass is 554 g/mol. The van der Waals surface area contributed by atoms with Crippen molar-refractivity contribution in [3.63, 3.8) is 0 Å². The highest BCUT2D eigenvalue weighted by molar-refractivity contribution is 5.96. The minimum absolute atomic E-state index is 0.0171. The lowest BCUT2D eigenvalue weighted by Gasteiger charge is -2.26. The lowest BCUT2D eigenvalue weighted by atomic mass is 9.83. The number of ether oxygens (including phenoxy) is 3. The van der Waals surface area contributed by atoms with E-state index in [2.05, 4.69) is 13.0 Å². The van der Waals surface area contributed by atoms with Crippen molar-refractivity contribution in [3.05, 3.63) is 100 Å². The summed E-state index contributed by atoms with van der Waals surface area (Å²) in [6, 6.07) is 18.8. The van der Waals surface area contributed by atoms with Crippen molar-refractivity contribution in [1.29, 1.82) is 5.26 Å². The summed E-state index contributed by atoms with van der Waals surface area (Å²) in [7, 11) is 0. The topological polar surface area (TPSA) is 108 Å². The van der Waals surface area contributed by atoms with Crippen LogP contribution in [0.25, 0.3) is 11.0 Å². The second-order valence-electron chi connectivity index (χ2n) is 10.0. The summed E-state index contributed by atoms with van der Waals surface area (Å²) in [6.07, 6.45) is 5.82. The van der Waals surface area contributed by atoms with Gasteiger partial charge >= 0.3 is 5.97 Å². The normalized spacial score (nSPS) is 14.3. The largest absolute Gasteiger partial charge is 0.494 e. The standard InChI is InChI=1S/C33H31FN2O5/c1-3-4-5-6-7-16-38-23-11-8-21(9-12-23)30-25-14-13-24(18-29(25)41-32(36)27(30)19-35)39-33(37)31-20(2)26-17-22(34)10-15-28(26)40-31/h8-15,17-18,30H,3-7,16,36H2,1-2H3. The first-order valence-electron chi connectivity index (χ1n) is 13.7. The number of halogens is 1. The van der Waals surface area contributed by atoms with Gasteiger partial charge in [0.25, 0.3) is 0 Å². The average Bonchev–Trinajstić information content (AvgIpc) is 3.30. The maximum atomic E-state index is 13.7. The van der Waals surface area contributed by atoms with Gasteiger partial charge in [-0.05, 0) is 55.3 Å². The molecule has 41 heavy (non-hydrogen) atoms. The summed E-state index contributed by atoms with van der Waals surface area (Å²) >= 11 is 0. The van der Waals surface area contributed by atoms with E-state index in [1.165, 1.54) is 37.5 Å². The van der Waals surface area contributed by atoms with Crippen LogP contribution >= 0.6 is 0 Å². The van der Waals surface area contributed by atoms with Crippen LogP contribution in [0.1, 0.15) is 72.2 Å². The van der Waals surface area contributed by atoms with Gasteiger partial charge in [0.2, 0.25) is 11.6 Å². The van der Waals surface area contributed by atoms with Crippen LogP contribution in [0, 0.1) is 24.1 Å². The molecule has 0 amide bonds. The Morgan fingerprint density at radius 1 is 1.02 bits per heavy atom. The van der Waals surface area contributed by atoms with Crippen LogP contribution in [0.15, 0.2) is 76.5 Å². The number of aryl methyl sites for hydroxylation is 1. The van der Waals surface area contributed by atoms with Gasteiger partial charge in [0, 0.05) is 22.6 Å². The zero-order chi connectivity index (χ0) is 28.9. The molecule has 1 atom stereocenters. The summed E-state index contributed by atoms with van der Waals surface area (Å²) in [4.78, 5) is 12.9. The number of rotatable bonds is 10. The van der Waals surface area contributed by atoms with Gasteiger partial charge in [-0.25, -0.2) is 9.18 Å². The van der Waals surface area contributed by atoms with Crippen molar-refractivity contribution in [2.24, 2.45) is 5.73 Å². The Balaban J connectivity index is 1.34. The third-order valence-corrected chi connectivity index (χ3v) is 7.21. The van der Waals surface area contributed by atoms with Gasteiger partial charge in [0.1, 0.15) is 40.3 Å². The number of carbonyl (C=O) groups is 1. The van der Waals surface area contributed by atoms with Crippen LogP contribution in [0.3, 0.4) is 0 Å². The van der Waals surface area contributed by atoms with Crippen LogP contribution in [0.5, 0.6) is 17.2 Å². The molecule has 8 heteroatoms. The molecular formula is C33H31FN2O5. The molecule has 0 saturated carbocycles. The Hall–Kier alpha value is -4.77. The Morgan fingerprint density at radius 3 is 2.54 bits per heavy atom. The average molecular weight is 555 g/mol. The van der Waals surface area contributed by atoms with E-state index in [9.17, 15) is 14.4 Å². The second kappa shape index (κ2) is 12.2. The summed E-state index contributed by atoms with van der Waals surface area (Å²) in [5.41, 5.74) is 8.86. The van der Waals surface area contributed by atoms with Crippen molar-refractivity contribution in [1.82, 2.24) is 0 Å². The molecule has 0 saturated heterocycles. The highest BCUT2D eigenvalue weighted by atomic mass is 19.1. The predicted octanol–water partition coefficient (Wildman–Crippen LogP) is 7.67. The van der Waals surface area contributed by atoms with Crippen molar-refractivity contribution in [3.8, 4) is 23.3 Å². The van der Waals surface area contributed by atoms with Gasteiger partial charge in [-0.1, -0.05) is 50.8 Å². The minimum Gasteiger partial charge on any atom is -0.494 e. The lowest BCUT2D eigenvalue weighted by Crippen LogP contribution is -2.21. The van der Waals surface area contributed by atoms with E-state index in [1.54, 1.807) is 25.1 Å². The maximum Gasteiger partial charge on any atom is 0.379 e. The molecule has 2 N–H and O–H groups in total.